The maximum absolute atomic E-state index is 11.9. The molecule has 5 heteroatoms. The molecule has 1 rings (SSSR count). The van der Waals surface area contributed by atoms with Crippen molar-refractivity contribution in [1.82, 2.24) is 15.1 Å². The first-order valence-electron chi connectivity index (χ1n) is 4.44. The summed E-state index contributed by atoms with van der Waals surface area (Å²) in [5.74, 6) is 0.0675. The van der Waals surface area contributed by atoms with Gasteiger partial charge in [0.2, 0.25) is 0 Å². The van der Waals surface area contributed by atoms with Crippen LogP contribution >= 0.6 is 15.9 Å². The van der Waals surface area contributed by atoms with Gasteiger partial charge < -0.3 is 5.32 Å². The van der Waals surface area contributed by atoms with Crippen molar-refractivity contribution < 1.29 is 4.79 Å². The van der Waals surface area contributed by atoms with Gasteiger partial charge in [0.15, 0.2) is 5.78 Å². The van der Waals surface area contributed by atoms with Crippen molar-refractivity contribution in [2.24, 2.45) is 13.0 Å². The van der Waals surface area contributed by atoms with E-state index in [2.05, 4.69) is 26.3 Å². The Hall–Kier alpha value is -0.680. The average Bonchev–Trinajstić information content (AvgIpc) is 2.46. The molecule has 4 nitrogen and oxygen atoms in total. The van der Waals surface area contributed by atoms with Crippen molar-refractivity contribution in [3.63, 3.8) is 0 Å². The first kappa shape index (κ1) is 11.4. The van der Waals surface area contributed by atoms with Crippen LogP contribution in [-0.2, 0) is 7.05 Å². The lowest BCUT2D eigenvalue weighted by Crippen LogP contribution is -2.25. The van der Waals surface area contributed by atoms with E-state index in [-0.39, 0.29) is 11.7 Å². The number of hydrogen-bond donors (Lipinski definition) is 1. The summed E-state index contributed by atoms with van der Waals surface area (Å²) in [5, 5.41) is 6.99. The molecule has 0 bridgehead atoms. The lowest BCUT2D eigenvalue weighted by molar-refractivity contribution is 0.0919. The molecule has 0 amide bonds. The van der Waals surface area contributed by atoms with Gasteiger partial charge in [0.05, 0.1) is 10.7 Å². The van der Waals surface area contributed by atoms with E-state index in [1.54, 1.807) is 17.9 Å². The van der Waals surface area contributed by atoms with E-state index < -0.39 is 0 Å². The third-order valence-corrected chi connectivity index (χ3v) is 2.67. The zero-order chi connectivity index (χ0) is 10.7. The minimum absolute atomic E-state index is 0.0355. The molecule has 0 aromatic carbocycles. The summed E-state index contributed by atoms with van der Waals surface area (Å²) >= 11 is 3.31. The predicted octanol–water partition coefficient (Wildman–Crippen LogP) is 1.22. The van der Waals surface area contributed by atoms with Crippen LogP contribution in [0.4, 0.5) is 0 Å². The minimum Gasteiger partial charge on any atom is -0.319 e. The van der Waals surface area contributed by atoms with Gasteiger partial charge in [-0.2, -0.15) is 5.10 Å². The molecule has 0 radical (unpaired) electrons. The summed E-state index contributed by atoms with van der Waals surface area (Å²) in [5.41, 5.74) is 0.632. The Bertz CT molecular complexity index is 315. The van der Waals surface area contributed by atoms with Gasteiger partial charge in [0.25, 0.3) is 0 Å². The highest BCUT2D eigenvalue weighted by atomic mass is 79.9. The summed E-state index contributed by atoms with van der Waals surface area (Å²) < 4.78 is 2.35. The number of carbonyl (C=O) groups excluding carboxylic acids is 1. The Morgan fingerprint density at radius 2 is 2.43 bits per heavy atom. The van der Waals surface area contributed by atoms with Crippen LogP contribution in [0.2, 0.25) is 0 Å². The number of rotatable bonds is 4. The fourth-order valence-corrected chi connectivity index (χ4v) is 1.86. The van der Waals surface area contributed by atoms with Gasteiger partial charge in [-0.15, -0.1) is 0 Å². The molecule has 0 saturated heterocycles. The highest BCUT2D eigenvalue weighted by Gasteiger charge is 2.20. The van der Waals surface area contributed by atoms with Crippen LogP contribution in [0, 0.1) is 5.92 Å². The quantitative estimate of drug-likeness (QED) is 0.828. The van der Waals surface area contributed by atoms with E-state index in [1.807, 2.05) is 14.0 Å². The molecule has 1 aromatic heterocycles. The molecule has 0 spiro atoms. The lowest BCUT2D eigenvalue weighted by atomic mass is 10.0. The molecule has 78 valence electrons. The standard InChI is InChI=1S/C9H14BrN3O/c1-6(4-11-2)9(14)8-7(10)5-12-13(8)3/h5-6,11H,4H2,1-3H3. The molecule has 0 aliphatic heterocycles. The first-order valence-corrected chi connectivity index (χ1v) is 5.23. The van der Waals surface area contributed by atoms with E-state index in [0.29, 0.717) is 12.2 Å². The normalized spacial score (nSPS) is 12.9. The average molecular weight is 260 g/mol. The predicted molar refractivity (Wildman–Crippen MR) is 58.3 cm³/mol. The van der Waals surface area contributed by atoms with E-state index in [1.165, 1.54) is 0 Å². The van der Waals surface area contributed by atoms with Gasteiger partial charge in [-0.3, -0.25) is 9.48 Å². The molecule has 1 atom stereocenters. The van der Waals surface area contributed by atoms with Crippen LogP contribution in [0.15, 0.2) is 10.7 Å². The fourth-order valence-electron chi connectivity index (χ4n) is 1.32. The number of aromatic nitrogens is 2. The van der Waals surface area contributed by atoms with Crippen molar-refractivity contribution in [1.29, 1.82) is 0 Å². The van der Waals surface area contributed by atoms with Crippen molar-refractivity contribution in [2.45, 2.75) is 6.92 Å². The lowest BCUT2D eigenvalue weighted by Gasteiger charge is -2.09. The van der Waals surface area contributed by atoms with Gasteiger partial charge in [-0.25, -0.2) is 0 Å². The van der Waals surface area contributed by atoms with Crippen LogP contribution in [0.25, 0.3) is 0 Å². The maximum Gasteiger partial charge on any atom is 0.186 e. The Labute approximate surface area is 91.8 Å². The van der Waals surface area contributed by atoms with E-state index in [4.69, 9.17) is 0 Å². The summed E-state index contributed by atoms with van der Waals surface area (Å²) in [4.78, 5) is 11.9. The van der Waals surface area contributed by atoms with Crippen molar-refractivity contribution in [3.8, 4) is 0 Å². The first-order chi connectivity index (χ1) is 6.57. The zero-order valence-electron chi connectivity index (χ0n) is 8.54. The smallest absolute Gasteiger partial charge is 0.186 e. The molecule has 1 aromatic rings. The Balaban J connectivity index is 2.88. The van der Waals surface area contributed by atoms with Crippen molar-refractivity contribution in [3.05, 3.63) is 16.4 Å². The van der Waals surface area contributed by atoms with Crippen molar-refractivity contribution >= 4 is 21.7 Å². The maximum atomic E-state index is 11.9. The Morgan fingerprint density at radius 3 is 2.86 bits per heavy atom. The topological polar surface area (TPSA) is 46.9 Å². The molecule has 1 unspecified atom stereocenters. The molecule has 0 aliphatic carbocycles. The van der Waals surface area contributed by atoms with E-state index >= 15 is 0 Å². The van der Waals surface area contributed by atoms with E-state index in [9.17, 15) is 4.79 Å². The monoisotopic (exact) mass is 259 g/mol. The second kappa shape index (κ2) is 4.70. The molecular formula is C9H14BrN3O. The van der Waals surface area contributed by atoms with E-state index in [0.717, 1.165) is 4.47 Å². The molecular weight excluding hydrogens is 246 g/mol. The number of aryl methyl sites for hydroxylation is 1. The highest BCUT2D eigenvalue weighted by Crippen LogP contribution is 2.18. The second-order valence-electron chi connectivity index (χ2n) is 3.29. The Morgan fingerprint density at radius 1 is 1.79 bits per heavy atom. The van der Waals surface area contributed by atoms with Crippen molar-refractivity contribution in [2.75, 3.05) is 13.6 Å². The third-order valence-electron chi connectivity index (χ3n) is 2.09. The summed E-state index contributed by atoms with van der Waals surface area (Å²) in [7, 11) is 3.60. The summed E-state index contributed by atoms with van der Waals surface area (Å²) in [6, 6.07) is 0. The van der Waals surface area contributed by atoms with Gasteiger partial charge >= 0.3 is 0 Å². The number of hydrogen-bond acceptors (Lipinski definition) is 3. The van der Waals surface area contributed by atoms with Crippen LogP contribution in [-0.4, -0.2) is 29.2 Å². The number of halogens is 1. The Kier molecular flexibility index (Phi) is 3.83. The molecule has 1 N–H and O–H groups in total. The van der Waals surface area contributed by atoms with Gasteiger partial charge in [0.1, 0.15) is 5.69 Å². The molecule has 0 saturated carbocycles. The second-order valence-corrected chi connectivity index (χ2v) is 4.14. The van der Waals surface area contributed by atoms with Crippen LogP contribution in [0.1, 0.15) is 17.4 Å². The summed E-state index contributed by atoms with van der Waals surface area (Å²) in [6.07, 6.45) is 1.64. The third kappa shape index (κ3) is 2.22. The number of Topliss-reactive ketones (excluding diaryl/α,β-unsaturated/α-hetero) is 1. The highest BCUT2D eigenvalue weighted by molar-refractivity contribution is 9.10. The SMILES string of the molecule is CNCC(C)C(=O)c1c(Br)cnn1C. The largest absolute Gasteiger partial charge is 0.319 e. The molecule has 0 fully saturated rings. The number of carbonyl (C=O) groups is 1. The number of nitrogens with one attached hydrogen (secondary N) is 1. The molecule has 14 heavy (non-hydrogen) atoms. The number of ketones is 1. The number of nitrogens with zero attached hydrogens (tertiary/aromatic N) is 2. The van der Waals surface area contributed by atoms with Gasteiger partial charge in [0, 0.05) is 19.5 Å². The minimum atomic E-state index is -0.0355. The fraction of sp³-hybridized carbons (Fsp3) is 0.556. The summed E-state index contributed by atoms with van der Waals surface area (Å²) in [6.45, 7) is 2.58. The van der Waals surface area contributed by atoms with Gasteiger partial charge in [-0.05, 0) is 23.0 Å². The van der Waals surface area contributed by atoms with Crippen LogP contribution in [0.3, 0.4) is 0 Å². The molecule has 1 heterocycles. The van der Waals surface area contributed by atoms with Crippen LogP contribution in [0.5, 0.6) is 0 Å². The zero-order valence-corrected chi connectivity index (χ0v) is 10.1. The van der Waals surface area contributed by atoms with Crippen LogP contribution < -0.4 is 5.32 Å². The molecule has 0 aliphatic rings. The van der Waals surface area contributed by atoms with Gasteiger partial charge in [-0.1, -0.05) is 6.92 Å².